The molecule has 2 aliphatic rings. The summed E-state index contributed by atoms with van der Waals surface area (Å²) in [7, 11) is 0. The van der Waals surface area contributed by atoms with Gasteiger partial charge < -0.3 is 4.42 Å². The highest BCUT2D eigenvalue weighted by molar-refractivity contribution is 7.25. The van der Waals surface area contributed by atoms with Crippen LogP contribution in [0.3, 0.4) is 0 Å². The van der Waals surface area contributed by atoms with Gasteiger partial charge in [-0.2, -0.15) is 0 Å². The summed E-state index contributed by atoms with van der Waals surface area (Å²) in [6.45, 7) is 0. The Labute approximate surface area is 315 Å². The molecular formula is C48H32N4OS. The largest absolute Gasteiger partial charge is 0.460 e. The molecule has 1 unspecified atom stereocenters. The van der Waals surface area contributed by atoms with E-state index in [2.05, 4.69) is 140 Å². The normalized spacial score (nSPS) is 15.3. The van der Waals surface area contributed by atoms with E-state index in [4.69, 9.17) is 24.4 Å². The zero-order valence-corrected chi connectivity index (χ0v) is 30.1. The molecule has 0 saturated carbocycles. The van der Waals surface area contributed by atoms with Crippen LogP contribution < -0.4 is 0 Å². The van der Waals surface area contributed by atoms with Crippen LogP contribution in [-0.4, -0.2) is 19.9 Å². The molecule has 4 heterocycles. The number of para-hydroxylation sites is 1. The van der Waals surface area contributed by atoms with Gasteiger partial charge in [-0.3, -0.25) is 0 Å². The summed E-state index contributed by atoms with van der Waals surface area (Å²) < 4.78 is 7.72. The van der Waals surface area contributed by atoms with Gasteiger partial charge in [0.25, 0.3) is 0 Å². The first kappa shape index (κ1) is 31.1. The molecule has 0 N–H and O–H groups in total. The monoisotopic (exact) mass is 712 g/mol. The average Bonchev–Trinajstić information content (AvgIpc) is 3.82. The molecule has 0 radical (unpaired) electrons. The highest BCUT2D eigenvalue weighted by Crippen LogP contribution is 2.42. The number of nitrogens with zero attached hydrogens (tertiary/aromatic N) is 4. The first-order chi connectivity index (χ1) is 26.7. The van der Waals surface area contributed by atoms with Crippen molar-refractivity contribution >= 4 is 65.0 Å². The molecule has 11 rings (SSSR count). The summed E-state index contributed by atoms with van der Waals surface area (Å²) in [5.41, 5.74) is 8.36. The number of aromatic nitrogens is 4. The molecule has 6 heteroatoms. The fourth-order valence-corrected chi connectivity index (χ4v) is 9.14. The Bertz CT molecular complexity index is 3020. The Morgan fingerprint density at radius 2 is 1.24 bits per heavy atom. The van der Waals surface area contributed by atoms with Gasteiger partial charge in [0.1, 0.15) is 22.0 Å². The minimum Gasteiger partial charge on any atom is -0.460 e. The maximum absolute atomic E-state index is 6.46. The van der Waals surface area contributed by atoms with Crippen molar-refractivity contribution in [3.05, 3.63) is 169 Å². The smallest absolute Gasteiger partial charge is 0.163 e. The predicted octanol–water partition coefficient (Wildman–Crippen LogP) is 12.8. The molecule has 0 fully saturated rings. The first-order valence-corrected chi connectivity index (χ1v) is 19.3. The second-order valence-corrected chi connectivity index (χ2v) is 15.0. The molecule has 256 valence electrons. The number of furan rings is 1. The van der Waals surface area contributed by atoms with E-state index in [1.165, 1.54) is 26.2 Å². The lowest BCUT2D eigenvalue weighted by Crippen LogP contribution is -2.12. The van der Waals surface area contributed by atoms with E-state index in [1.54, 1.807) is 11.3 Å². The molecule has 54 heavy (non-hydrogen) atoms. The van der Waals surface area contributed by atoms with Crippen molar-refractivity contribution in [3.63, 3.8) is 0 Å². The molecule has 0 spiro atoms. The molecule has 2 aliphatic carbocycles. The highest BCUT2D eigenvalue weighted by atomic mass is 32.1. The summed E-state index contributed by atoms with van der Waals surface area (Å²) in [4.78, 5) is 21.6. The van der Waals surface area contributed by atoms with Crippen LogP contribution in [0, 0.1) is 0 Å². The summed E-state index contributed by atoms with van der Waals surface area (Å²) in [5, 5.41) is 6.04. The van der Waals surface area contributed by atoms with Gasteiger partial charge in [0.2, 0.25) is 0 Å². The lowest BCUT2D eigenvalue weighted by atomic mass is 9.91. The molecule has 0 bridgehead atoms. The van der Waals surface area contributed by atoms with Crippen LogP contribution in [0.25, 0.3) is 87.5 Å². The maximum atomic E-state index is 6.46. The third-order valence-electron chi connectivity index (χ3n) is 10.7. The zero-order chi connectivity index (χ0) is 35.6. The van der Waals surface area contributed by atoms with Crippen LogP contribution in [0.2, 0.25) is 0 Å². The van der Waals surface area contributed by atoms with Gasteiger partial charge in [0, 0.05) is 48.5 Å². The van der Waals surface area contributed by atoms with E-state index in [1.807, 2.05) is 12.1 Å². The van der Waals surface area contributed by atoms with E-state index in [-0.39, 0.29) is 5.92 Å². The molecule has 1 atom stereocenters. The van der Waals surface area contributed by atoms with Crippen molar-refractivity contribution in [1.82, 2.24) is 19.9 Å². The number of fused-ring (bicyclic) bond motifs is 8. The zero-order valence-electron chi connectivity index (χ0n) is 29.2. The van der Waals surface area contributed by atoms with Crippen LogP contribution in [0.1, 0.15) is 48.2 Å². The quantitative estimate of drug-likeness (QED) is 0.178. The van der Waals surface area contributed by atoms with Gasteiger partial charge in [0.05, 0.1) is 11.6 Å². The van der Waals surface area contributed by atoms with E-state index in [0.717, 1.165) is 85.7 Å². The van der Waals surface area contributed by atoms with E-state index in [0.29, 0.717) is 11.6 Å². The van der Waals surface area contributed by atoms with Crippen LogP contribution >= 0.6 is 11.3 Å². The van der Waals surface area contributed by atoms with Gasteiger partial charge in [-0.15, -0.1) is 11.3 Å². The van der Waals surface area contributed by atoms with Crippen LogP contribution in [0.4, 0.5) is 0 Å². The summed E-state index contributed by atoms with van der Waals surface area (Å²) in [5.74, 6) is 2.91. The maximum Gasteiger partial charge on any atom is 0.163 e. The van der Waals surface area contributed by atoms with Gasteiger partial charge in [-0.1, -0.05) is 140 Å². The van der Waals surface area contributed by atoms with Crippen LogP contribution in [-0.2, 0) is 0 Å². The molecule has 5 nitrogen and oxygen atoms in total. The highest BCUT2D eigenvalue weighted by Gasteiger charge is 2.29. The number of thiophene rings is 1. The summed E-state index contributed by atoms with van der Waals surface area (Å²) in [6, 6.07) is 42.8. The van der Waals surface area contributed by atoms with Crippen molar-refractivity contribution in [2.45, 2.75) is 25.2 Å². The first-order valence-electron chi connectivity index (χ1n) is 18.5. The van der Waals surface area contributed by atoms with Crippen molar-refractivity contribution in [2.75, 3.05) is 0 Å². The molecule has 0 amide bonds. The van der Waals surface area contributed by atoms with Gasteiger partial charge in [-0.25, -0.2) is 19.9 Å². The Morgan fingerprint density at radius 3 is 2.04 bits per heavy atom. The lowest BCUT2D eigenvalue weighted by Gasteiger charge is -2.18. The van der Waals surface area contributed by atoms with Crippen LogP contribution in [0.5, 0.6) is 0 Å². The summed E-state index contributed by atoms with van der Waals surface area (Å²) >= 11 is 1.76. The minimum absolute atomic E-state index is 0.102. The predicted molar refractivity (Wildman–Crippen MR) is 222 cm³/mol. The van der Waals surface area contributed by atoms with Crippen molar-refractivity contribution < 1.29 is 4.42 Å². The Kier molecular flexibility index (Phi) is 7.23. The topological polar surface area (TPSA) is 64.7 Å². The minimum atomic E-state index is -0.102. The van der Waals surface area contributed by atoms with Crippen molar-refractivity contribution in [3.8, 4) is 33.8 Å². The molecule has 9 aromatic rings. The second-order valence-electron chi connectivity index (χ2n) is 14.0. The third-order valence-corrected chi connectivity index (χ3v) is 11.8. The van der Waals surface area contributed by atoms with Gasteiger partial charge >= 0.3 is 0 Å². The van der Waals surface area contributed by atoms with E-state index < -0.39 is 0 Å². The fraction of sp³-hybridized carbons (Fsp3) is 0.0833. The van der Waals surface area contributed by atoms with E-state index >= 15 is 0 Å². The number of benzene rings is 5. The van der Waals surface area contributed by atoms with Gasteiger partial charge in [0.15, 0.2) is 11.6 Å². The Balaban J connectivity index is 0.946. The SMILES string of the molecule is C1=CC(c2nc(-c3ccc(-c4ccc(-c5nc6sc7ccccc7c6c6ccccc56)cc4)cc3)nc(C3CC=Cc4c3oc3ccccc43)n2)=CCC1. The van der Waals surface area contributed by atoms with Gasteiger partial charge in [-0.05, 0) is 47.9 Å². The van der Waals surface area contributed by atoms with E-state index in [9.17, 15) is 0 Å². The molecule has 0 aliphatic heterocycles. The Hall–Kier alpha value is -6.50. The van der Waals surface area contributed by atoms with Crippen molar-refractivity contribution in [1.29, 1.82) is 0 Å². The second kappa shape index (κ2) is 12.6. The summed E-state index contributed by atoms with van der Waals surface area (Å²) in [6.07, 6.45) is 13.7. The number of rotatable bonds is 5. The number of hydrogen-bond acceptors (Lipinski definition) is 6. The standard InChI is InChI=1S/C48H32N4OS/c1-2-11-32(12-3-1)45-50-46(52-47(51-45)39-18-10-17-37-34-13-6-8-19-40(34)53-44(37)39)33-27-23-30(24-28-33)29-21-25-31(26-22-29)43-36-15-5-4-14-35(36)42-38-16-7-9-20-41(38)54-48(42)49-43/h2,4-17,19-28,39H,1,3,18H2. The molecule has 4 aromatic heterocycles. The molecular weight excluding hydrogens is 681 g/mol. The Morgan fingerprint density at radius 1 is 0.556 bits per heavy atom. The lowest BCUT2D eigenvalue weighted by molar-refractivity contribution is 0.505. The number of allylic oxidation sites excluding steroid dienone is 5. The number of pyridine rings is 1. The fourth-order valence-electron chi connectivity index (χ4n) is 8.05. The van der Waals surface area contributed by atoms with Crippen molar-refractivity contribution in [2.24, 2.45) is 0 Å². The average molecular weight is 713 g/mol. The van der Waals surface area contributed by atoms with Crippen LogP contribution in [0.15, 0.2) is 150 Å². The molecule has 0 saturated heterocycles. The third kappa shape index (κ3) is 5.13. The number of hydrogen-bond donors (Lipinski definition) is 0. The molecule has 5 aromatic carbocycles.